The fourth-order valence-electron chi connectivity index (χ4n) is 4.85. The quantitative estimate of drug-likeness (QED) is 0.353. The van der Waals surface area contributed by atoms with Crippen molar-refractivity contribution < 1.29 is 18.7 Å². The van der Waals surface area contributed by atoms with Crippen molar-refractivity contribution in [3.8, 4) is 5.75 Å². The van der Waals surface area contributed by atoms with Crippen LogP contribution in [0.15, 0.2) is 97.1 Å². The summed E-state index contributed by atoms with van der Waals surface area (Å²) in [5.41, 5.74) is 5.75. The molecule has 0 saturated carbocycles. The fraction of sp³-hybridized carbons (Fsp3) is 0.188. The molecule has 1 heterocycles. The van der Waals surface area contributed by atoms with Gasteiger partial charge < -0.3 is 15.0 Å². The number of halogens is 1. The van der Waals surface area contributed by atoms with Crippen LogP contribution in [0.3, 0.4) is 0 Å². The summed E-state index contributed by atoms with van der Waals surface area (Å²) in [4.78, 5) is 27.9. The first kappa shape index (κ1) is 25.2. The Hall–Kier alpha value is -4.45. The number of amides is 2. The number of benzene rings is 4. The van der Waals surface area contributed by atoms with E-state index < -0.39 is 0 Å². The van der Waals surface area contributed by atoms with Crippen LogP contribution in [0.4, 0.5) is 4.39 Å². The Kier molecular flexibility index (Phi) is 7.50. The lowest BCUT2D eigenvalue weighted by atomic mass is 9.87. The molecule has 6 heteroatoms. The number of ether oxygens (including phenoxy) is 1. The Morgan fingerprint density at radius 3 is 2.50 bits per heavy atom. The van der Waals surface area contributed by atoms with Crippen LogP contribution in [-0.4, -0.2) is 29.9 Å². The molecule has 5 rings (SSSR count). The highest BCUT2D eigenvalue weighted by atomic mass is 19.1. The average Bonchev–Trinajstić information content (AvgIpc) is 2.95. The molecule has 192 valence electrons. The number of carbonyl (C=O) groups excluding carboxylic acids is 2. The molecular weight excluding hydrogens is 479 g/mol. The average molecular weight is 509 g/mol. The molecule has 4 aromatic carbocycles. The van der Waals surface area contributed by atoms with E-state index in [9.17, 15) is 14.0 Å². The van der Waals surface area contributed by atoms with E-state index in [0.717, 1.165) is 34.2 Å². The summed E-state index contributed by atoms with van der Waals surface area (Å²) in [7, 11) is 0. The normalized spacial score (nSPS) is 14.5. The first-order valence-corrected chi connectivity index (χ1v) is 12.7. The molecule has 1 aliphatic rings. The van der Waals surface area contributed by atoms with Gasteiger partial charge in [0, 0.05) is 18.7 Å². The molecular formula is C32H29FN2O3. The van der Waals surface area contributed by atoms with Gasteiger partial charge in [-0.1, -0.05) is 66.2 Å². The Bertz CT molecular complexity index is 1440. The first-order valence-electron chi connectivity index (χ1n) is 12.7. The molecule has 1 atom stereocenters. The van der Waals surface area contributed by atoms with Crippen molar-refractivity contribution in [1.29, 1.82) is 0 Å². The molecule has 5 nitrogen and oxygen atoms in total. The zero-order valence-corrected chi connectivity index (χ0v) is 21.2. The van der Waals surface area contributed by atoms with E-state index in [0.29, 0.717) is 24.4 Å². The van der Waals surface area contributed by atoms with Crippen molar-refractivity contribution in [3.63, 3.8) is 0 Å². The predicted octanol–water partition coefficient (Wildman–Crippen LogP) is 5.62. The van der Waals surface area contributed by atoms with Crippen LogP contribution in [0.25, 0.3) is 0 Å². The number of carbonyl (C=O) groups is 2. The molecule has 0 spiro atoms. The van der Waals surface area contributed by atoms with Gasteiger partial charge in [0.1, 0.15) is 11.6 Å². The second kappa shape index (κ2) is 11.3. The molecule has 0 aliphatic carbocycles. The van der Waals surface area contributed by atoms with E-state index in [4.69, 9.17) is 4.74 Å². The Morgan fingerprint density at radius 1 is 0.947 bits per heavy atom. The molecule has 2 amide bonds. The van der Waals surface area contributed by atoms with E-state index in [1.54, 1.807) is 12.1 Å². The van der Waals surface area contributed by atoms with Crippen LogP contribution >= 0.6 is 0 Å². The van der Waals surface area contributed by atoms with Crippen molar-refractivity contribution in [2.24, 2.45) is 0 Å². The summed E-state index contributed by atoms with van der Waals surface area (Å²) in [6.45, 7) is 2.78. The minimum absolute atomic E-state index is 0.0192. The SMILES string of the molecule is Cc1cccc(C2c3cc(OCC(=O)NCc4ccc(F)cc4)ccc3CCN2C(=O)c2ccccc2)c1. The lowest BCUT2D eigenvalue weighted by molar-refractivity contribution is -0.123. The van der Waals surface area contributed by atoms with E-state index in [-0.39, 0.29) is 30.3 Å². The van der Waals surface area contributed by atoms with Crippen LogP contribution in [0.1, 0.15) is 44.2 Å². The van der Waals surface area contributed by atoms with Crippen LogP contribution in [0.2, 0.25) is 0 Å². The van der Waals surface area contributed by atoms with Crippen molar-refractivity contribution in [1.82, 2.24) is 10.2 Å². The molecule has 0 aromatic heterocycles. The molecule has 38 heavy (non-hydrogen) atoms. The summed E-state index contributed by atoms with van der Waals surface area (Å²) < 4.78 is 18.9. The highest BCUT2D eigenvalue weighted by Crippen LogP contribution is 2.38. The monoisotopic (exact) mass is 508 g/mol. The Labute approximate surface area is 221 Å². The summed E-state index contributed by atoms with van der Waals surface area (Å²) in [6, 6.07) is 29.1. The van der Waals surface area contributed by atoms with E-state index >= 15 is 0 Å². The van der Waals surface area contributed by atoms with Crippen molar-refractivity contribution in [2.45, 2.75) is 25.9 Å². The predicted molar refractivity (Wildman–Crippen MR) is 144 cm³/mol. The molecule has 0 saturated heterocycles. The summed E-state index contributed by atoms with van der Waals surface area (Å²) in [6.07, 6.45) is 0.731. The first-order chi connectivity index (χ1) is 18.5. The lowest BCUT2D eigenvalue weighted by Gasteiger charge is -2.38. The molecule has 0 bridgehead atoms. The number of fused-ring (bicyclic) bond motifs is 1. The zero-order valence-electron chi connectivity index (χ0n) is 21.2. The van der Waals surface area contributed by atoms with Gasteiger partial charge in [-0.25, -0.2) is 4.39 Å². The van der Waals surface area contributed by atoms with Crippen molar-refractivity contribution >= 4 is 11.8 Å². The molecule has 0 fully saturated rings. The van der Waals surface area contributed by atoms with Crippen LogP contribution in [0, 0.1) is 12.7 Å². The maximum Gasteiger partial charge on any atom is 0.258 e. The van der Waals surface area contributed by atoms with Crippen LogP contribution < -0.4 is 10.1 Å². The zero-order chi connectivity index (χ0) is 26.5. The van der Waals surface area contributed by atoms with Crippen molar-refractivity contribution in [3.05, 3.63) is 136 Å². The number of hydrogen-bond acceptors (Lipinski definition) is 3. The number of rotatable bonds is 7. The summed E-state index contributed by atoms with van der Waals surface area (Å²) >= 11 is 0. The maximum absolute atomic E-state index is 13.6. The number of aryl methyl sites for hydroxylation is 1. The topological polar surface area (TPSA) is 58.6 Å². The largest absolute Gasteiger partial charge is 0.484 e. The molecule has 1 N–H and O–H groups in total. The lowest BCUT2D eigenvalue weighted by Crippen LogP contribution is -2.40. The number of nitrogens with one attached hydrogen (secondary N) is 1. The van der Waals surface area contributed by atoms with Gasteiger partial charge in [-0.2, -0.15) is 0 Å². The smallest absolute Gasteiger partial charge is 0.258 e. The highest BCUT2D eigenvalue weighted by Gasteiger charge is 2.33. The third-order valence-electron chi connectivity index (χ3n) is 6.76. The number of nitrogens with zero attached hydrogens (tertiary/aromatic N) is 1. The second-order valence-corrected chi connectivity index (χ2v) is 9.48. The molecule has 4 aromatic rings. The van der Waals surface area contributed by atoms with Gasteiger partial charge in [0.05, 0.1) is 6.04 Å². The van der Waals surface area contributed by atoms with Gasteiger partial charge in [-0.05, 0) is 72.0 Å². The van der Waals surface area contributed by atoms with Gasteiger partial charge in [0.2, 0.25) is 0 Å². The molecule has 0 radical (unpaired) electrons. The minimum atomic E-state index is -0.316. The fourth-order valence-corrected chi connectivity index (χ4v) is 4.85. The highest BCUT2D eigenvalue weighted by molar-refractivity contribution is 5.95. The number of hydrogen-bond donors (Lipinski definition) is 1. The van der Waals surface area contributed by atoms with E-state index in [1.807, 2.05) is 72.5 Å². The van der Waals surface area contributed by atoms with Gasteiger partial charge in [0.15, 0.2) is 6.61 Å². The Morgan fingerprint density at radius 2 is 1.74 bits per heavy atom. The molecule has 1 aliphatic heterocycles. The van der Waals surface area contributed by atoms with Crippen LogP contribution in [0.5, 0.6) is 5.75 Å². The van der Waals surface area contributed by atoms with Crippen LogP contribution in [-0.2, 0) is 17.8 Å². The third-order valence-corrected chi connectivity index (χ3v) is 6.76. The minimum Gasteiger partial charge on any atom is -0.484 e. The summed E-state index contributed by atoms with van der Waals surface area (Å²) in [5, 5.41) is 2.79. The van der Waals surface area contributed by atoms with Gasteiger partial charge in [0.25, 0.3) is 11.8 Å². The third kappa shape index (κ3) is 5.75. The second-order valence-electron chi connectivity index (χ2n) is 9.48. The maximum atomic E-state index is 13.6. The Balaban J connectivity index is 1.36. The van der Waals surface area contributed by atoms with Gasteiger partial charge >= 0.3 is 0 Å². The van der Waals surface area contributed by atoms with E-state index in [2.05, 4.69) is 17.4 Å². The van der Waals surface area contributed by atoms with Gasteiger partial charge in [-0.3, -0.25) is 9.59 Å². The molecule has 1 unspecified atom stereocenters. The van der Waals surface area contributed by atoms with E-state index in [1.165, 1.54) is 12.1 Å². The summed E-state index contributed by atoms with van der Waals surface area (Å²) in [5.74, 6) is -0.0476. The standard InChI is InChI=1S/C32H29FN2O3/c1-22-6-5-9-26(18-22)31-29-19-28(38-21-30(36)34-20-23-10-13-27(33)14-11-23)15-12-24(29)16-17-35(31)32(37)25-7-3-2-4-8-25/h2-15,18-19,31H,16-17,20-21H2,1H3,(H,34,36). The van der Waals surface area contributed by atoms with Gasteiger partial charge in [-0.15, -0.1) is 0 Å². The van der Waals surface area contributed by atoms with Crippen molar-refractivity contribution in [2.75, 3.05) is 13.2 Å².